The summed E-state index contributed by atoms with van der Waals surface area (Å²) < 4.78 is 66.0. The fourth-order valence-corrected chi connectivity index (χ4v) is 4.59. The summed E-state index contributed by atoms with van der Waals surface area (Å²) in [7, 11) is 0. The smallest absolute Gasteiger partial charge is 0.280 e. The maximum atomic E-state index is 14.0. The zero-order valence-electron chi connectivity index (χ0n) is 15.1. The highest BCUT2D eigenvalue weighted by Crippen LogP contribution is 2.39. The Hall–Kier alpha value is -2.54. The summed E-state index contributed by atoms with van der Waals surface area (Å²) in [5.41, 5.74) is 1.26. The monoisotopic (exact) mass is 421 g/mol. The summed E-state index contributed by atoms with van der Waals surface area (Å²) in [5, 5.41) is 0. The van der Waals surface area contributed by atoms with Gasteiger partial charge < -0.3 is 0 Å². The van der Waals surface area contributed by atoms with Crippen molar-refractivity contribution in [3.63, 3.8) is 0 Å². The number of hydrogen-bond acceptors (Lipinski definition) is 2. The lowest BCUT2D eigenvalue weighted by Crippen LogP contribution is -2.11. The number of aliphatic imine (C=N–C) groups is 1. The highest BCUT2D eigenvalue weighted by Gasteiger charge is 2.28. The molecule has 0 saturated carbocycles. The third kappa shape index (κ3) is 4.40. The van der Waals surface area contributed by atoms with Crippen molar-refractivity contribution in [2.45, 2.75) is 31.5 Å². The second-order valence-electron chi connectivity index (χ2n) is 6.92. The van der Waals surface area contributed by atoms with Crippen LogP contribution in [-0.4, -0.2) is 11.9 Å². The van der Waals surface area contributed by atoms with Gasteiger partial charge in [-0.15, -0.1) is 11.3 Å². The first-order chi connectivity index (χ1) is 13.8. The minimum Gasteiger partial charge on any atom is -0.280 e. The van der Waals surface area contributed by atoms with Crippen molar-refractivity contribution in [1.82, 2.24) is 0 Å². The molecule has 1 atom stereocenters. The van der Waals surface area contributed by atoms with Crippen molar-refractivity contribution >= 4 is 17.0 Å². The summed E-state index contributed by atoms with van der Waals surface area (Å²) in [5.74, 6) is -1.25. The van der Waals surface area contributed by atoms with Crippen LogP contribution in [-0.2, 0) is 6.42 Å². The van der Waals surface area contributed by atoms with Crippen LogP contribution in [0.4, 0.5) is 22.0 Å². The molecule has 0 fully saturated rings. The molecule has 4 rings (SSSR count). The first-order valence-electron chi connectivity index (χ1n) is 9.07. The fourth-order valence-electron chi connectivity index (χ4n) is 3.51. The normalized spacial score (nSPS) is 16.9. The zero-order chi connectivity index (χ0) is 20.6. The first-order valence-corrected chi connectivity index (χ1v) is 9.89. The maximum Gasteiger partial charge on any atom is 0.393 e. The summed E-state index contributed by atoms with van der Waals surface area (Å²) in [4.78, 5) is 6.28. The quantitative estimate of drug-likeness (QED) is 0.398. The molecular weight excluding hydrogens is 405 g/mol. The number of halogens is 5. The molecule has 0 radical (unpaired) electrons. The Kier molecular flexibility index (Phi) is 5.25. The van der Waals surface area contributed by atoms with Gasteiger partial charge in [-0.05, 0) is 48.2 Å². The van der Waals surface area contributed by atoms with Crippen LogP contribution in [0.5, 0.6) is 0 Å². The van der Waals surface area contributed by atoms with Gasteiger partial charge in [0.05, 0.1) is 18.0 Å². The van der Waals surface area contributed by atoms with E-state index in [2.05, 4.69) is 4.99 Å². The molecule has 0 amide bonds. The van der Waals surface area contributed by atoms with Crippen molar-refractivity contribution < 1.29 is 22.0 Å². The molecule has 150 valence electrons. The minimum absolute atomic E-state index is 0.0772. The molecule has 1 aromatic heterocycles. The number of hydrogen-bond donors (Lipinski definition) is 0. The predicted octanol–water partition coefficient (Wildman–Crippen LogP) is 7.12. The van der Waals surface area contributed by atoms with Gasteiger partial charge in [0.2, 0.25) is 0 Å². The van der Waals surface area contributed by atoms with Crippen molar-refractivity contribution in [2.75, 3.05) is 0 Å². The van der Waals surface area contributed by atoms with Crippen molar-refractivity contribution in [3.05, 3.63) is 82.2 Å². The molecule has 2 aromatic carbocycles. The molecule has 7 heteroatoms. The van der Waals surface area contributed by atoms with Gasteiger partial charge in [0.15, 0.2) is 0 Å². The van der Waals surface area contributed by atoms with E-state index in [1.807, 2.05) is 12.1 Å². The summed E-state index contributed by atoms with van der Waals surface area (Å²) in [6.07, 6.45) is -4.12. The summed E-state index contributed by atoms with van der Waals surface area (Å²) in [6, 6.07) is 13.7. The van der Waals surface area contributed by atoms with Gasteiger partial charge in [0, 0.05) is 15.5 Å². The second kappa shape index (κ2) is 7.71. The number of benzene rings is 2. The van der Waals surface area contributed by atoms with E-state index < -0.39 is 24.2 Å². The van der Waals surface area contributed by atoms with E-state index in [1.165, 1.54) is 35.6 Å². The highest BCUT2D eigenvalue weighted by atomic mass is 32.1. The van der Waals surface area contributed by atoms with Gasteiger partial charge in [0.1, 0.15) is 11.6 Å². The number of alkyl halides is 3. The van der Waals surface area contributed by atoms with Crippen molar-refractivity contribution in [1.29, 1.82) is 0 Å². The lowest BCUT2D eigenvalue weighted by molar-refractivity contribution is -0.127. The summed E-state index contributed by atoms with van der Waals surface area (Å²) >= 11 is 1.44. The largest absolute Gasteiger partial charge is 0.393 e. The minimum atomic E-state index is -4.25. The Labute approximate surface area is 168 Å². The molecule has 0 bridgehead atoms. The van der Waals surface area contributed by atoms with Crippen LogP contribution in [0, 0.1) is 11.6 Å². The average molecular weight is 421 g/mol. The maximum absolute atomic E-state index is 14.0. The SMILES string of the molecule is Fc1cccc(F)c1C1=NC(c2ccc(-c3cccc(CC(F)(F)F)c3)s2)CC1. The van der Waals surface area contributed by atoms with Crippen LogP contribution in [0.2, 0.25) is 0 Å². The summed E-state index contributed by atoms with van der Waals surface area (Å²) in [6.45, 7) is 0. The number of rotatable bonds is 4. The van der Waals surface area contributed by atoms with Gasteiger partial charge in [0.25, 0.3) is 0 Å². The Balaban J connectivity index is 1.58. The lowest BCUT2D eigenvalue weighted by Gasteiger charge is -2.07. The van der Waals surface area contributed by atoms with E-state index >= 15 is 0 Å². The van der Waals surface area contributed by atoms with Crippen LogP contribution < -0.4 is 0 Å². The average Bonchev–Trinajstić information content (AvgIpc) is 3.30. The molecule has 1 nitrogen and oxygen atoms in total. The first kappa shape index (κ1) is 19.8. The third-order valence-electron chi connectivity index (χ3n) is 4.79. The van der Waals surface area contributed by atoms with Gasteiger partial charge in [-0.2, -0.15) is 13.2 Å². The van der Waals surface area contributed by atoms with E-state index in [-0.39, 0.29) is 17.2 Å². The number of nitrogens with zero attached hydrogens (tertiary/aromatic N) is 1. The molecule has 1 aliphatic rings. The molecule has 0 spiro atoms. The van der Waals surface area contributed by atoms with Crippen LogP contribution in [0.1, 0.15) is 34.9 Å². The third-order valence-corrected chi connectivity index (χ3v) is 6.02. The molecule has 1 unspecified atom stereocenters. The molecule has 29 heavy (non-hydrogen) atoms. The molecule has 0 aliphatic carbocycles. The Morgan fingerprint density at radius 2 is 1.69 bits per heavy atom. The lowest BCUT2D eigenvalue weighted by atomic mass is 10.1. The Bertz CT molecular complexity index is 1050. The van der Waals surface area contributed by atoms with Crippen molar-refractivity contribution in [2.24, 2.45) is 4.99 Å². The van der Waals surface area contributed by atoms with Gasteiger partial charge in [-0.3, -0.25) is 4.99 Å². The van der Waals surface area contributed by atoms with Crippen LogP contribution in [0.3, 0.4) is 0 Å². The second-order valence-corrected chi connectivity index (χ2v) is 8.04. The van der Waals surface area contributed by atoms with E-state index in [1.54, 1.807) is 18.2 Å². The fraction of sp³-hybridized carbons (Fsp3) is 0.227. The van der Waals surface area contributed by atoms with Crippen LogP contribution >= 0.6 is 11.3 Å². The number of thiophene rings is 1. The predicted molar refractivity (Wildman–Crippen MR) is 104 cm³/mol. The van der Waals surface area contributed by atoms with Gasteiger partial charge in [-0.1, -0.05) is 30.3 Å². The highest BCUT2D eigenvalue weighted by molar-refractivity contribution is 7.15. The van der Waals surface area contributed by atoms with E-state index in [4.69, 9.17) is 0 Å². The molecule has 0 N–H and O–H groups in total. The van der Waals surface area contributed by atoms with E-state index in [9.17, 15) is 22.0 Å². The van der Waals surface area contributed by atoms with E-state index in [0.29, 0.717) is 24.1 Å². The Morgan fingerprint density at radius 3 is 2.41 bits per heavy atom. The molecular formula is C22H16F5NS. The van der Waals surface area contributed by atoms with Gasteiger partial charge in [-0.25, -0.2) is 8.78 Å². The van der Waals surface area contributed by atoms with E-state index in [0.717, 1.165) is 9.75 Å². The zero-order valence-corrected chi connectivity index (χ0v) is 16.0. The molecule has 2 heterocycles. The van der Waals surface area contributed by atoms with Gasteiger partial charge >= 0.3 is 6.18 Å². The standard InChI is InChI=1S/C22H16F5NS/c23-15-5-2-6-16(24)21(15)18-8-7-17(28-18)20-10-9-19(29-20)14-4-1-3-13(11-14)12-22(25,26)27/h1-6,9-11,17H,7-8,12H2. The Morgan fingerprint density at radius 1 is 0.966 bits per heavy atom. The molecule has 3 aromatic rings. The molecule has 1 aliphatic heterocycles. The molecule has 0 saturated heterocycles. The topological polar surface area (TPSA) is 12.4 Å². The van der Waals surface area contributed by atoms with Crippen LogP contribution in [0.15, 0.2) is 59.6 Å². The van der Waals surface area contributed by atoms with Crippen molar-refractivity contribution in [3.8, 4) is 10.4 Å². The van der Waals surface area contributed by atoms with Crippen LogP contribution in [0.25, 0.3) is 10.4 Å².